The molecule has 1 aliphatic heterocycles. The molecule has 3 rings (SSSR count). The minimum Gasteiger partial charge on any atom is -0.393 e. The van der Waals surface area contributed by atoms with Crippen molar-refractivity contribution in [3.8, 4) is 0 Å². The zero-order valence-electron chi connectivity index (χ0n) is 15.6. The third-order valence-electron chi connectivity index (χ3n) is 4.95. The van der Waals surface area contributed by atoms with E-state index in [-0.39, 0.29) is 6.10 Å². The second kappa shape index (κ2) is 7.58. The molecule has 0 aromatic carbocycles. The first-order valence-electron chi connectivity index (χ1n) is 9.04. The van der Waals surface area contributed by atoms with Crippen molar-refractivity contribution in [1.82, 2.24) is 29.9 Å². The Labute approximate surface area is 149 Å². The Kier molecular flexibility index (Phi) is 5.44. The van der Waals surface area contributed by atoms with E-state index >= 15 is 0 Å². The van der Waals surface area contributed by atoms with Gasteiger partial charge < -0.3 is 5.11 Å². The van der Waals surface area contributed by atoms with Gasteiger partial charge in [0.1, 0.15) is 0 Å². The molecule has 0 radical (unpaired) electrons. The van der Waals surface area contributed by atoms with Gasteiger partial charge in [-0.15, -0.1) is 5.10 Å². The van der Waals surface area contributed by atoms with Crippen LogP contribution in [0.3, 0.4) is 0 Å². The minimum absolute atomic E-state index is 0.380. The summed E-state index contributed by atoms with van der Waals surface area (Å²) in [6.07, 6.45) is 4.26. The van der Waals surface area contributed by atoms with Crippen LogP contribution in [0.15, 0.2) is 6.20 Å². The van der Waals surface area contributed by atoms with Crippen LogP contribution in [0.2, 0.25) is 0 Å². The van der Waals surface area contributed by atoms with Gasteiger partial charge in [0.15, 0.2) is 0 Å². The van der Waals surface area contributed by atoms with Crippen LogP contribution in [0.1, 0.15) is 54.3 Å². The van der Waals surface area contributed by atoms with Gasteiger partial charge >= 0.3 is 0 Å². The molecule has 2 aromatic rings. The van der Waals surface area contributed by atoms with E-state index in [0.717, 1.165) is 60.9 Å². The van der Waals surface area contributed by atoms with Crippen LogP contribution in [0.25, 0.3) is 0 Å². The SMILES string of the molecule is Cc1nc(C)c(CN2CCC(n3cc(CC(C)O)nn3)CC2)nc1C. The molecule has 1 aliphatic rings. The number of aliphatic hydroxyl groups is 1. The van der Waals surface area contributed by atoms with Crippen LogP contribution < -0.4 is 0 Å². The van der Waals surface area contributed by atoms with Gasteiger partial charge in [0.2, 0.25) is 0 Å². The maximum Gasteiger partial charge on any atom is 0.0852 e. The molecule has 0 bridgehead atoms. The average molecular weight is 344 g/mol. The Balaban J connectivity index is 1.57. The van der Waals surface area contributed by atoms with Crippen molar-refractivity contribution in [1.29, 1.82) is 0 Å². The minimum atomic E-state index is -0.380. The van der Waals surface area contributed by atoms with Crippen LogP contribution >= 0.6 is 0 Å². The van der Waals surface area contributed by atoms with Gasteiger partial charge in [0.05, 0.1) is 40.6 Å². The first kappa shape index (κ1) is 17.9. The Bertz CT molecular complexity index is 718. The predicted octanol–water partition coefficient (Wildman–Crippen LogP) is 1.75. The van der Waals surface area contributed by atoms with Gasteiger partial charge in [-0.1, -0.05) is 5.21 Å². The van der Waals surface area contributed by atoms with Crippen molar-refractivity contribution in [3.63, 3.8) is 0 Å². The van der Waals surface area contributed by atoms with Crippen LogP contribution in [0.5, 0.6) is 0 Å². The van der Waals surface area contributed by atoms with E-state index in [0.29, 0.717) is 12.5 Å². The van der Waals surface area contributed by atoms with Gasteiger partial charge in [0, 0.05) is 32.3 Å². The van der Waals surface area contributed by atoms with Gasteiger partial charge in [0.25, 0.3) is 0 Å². The summed E-state index contributed by atoms with van der Waals surface area (Å²) < 4.78 is 1.97. The van der Waals surface area contributed by atoms with Crippen molar-refractivity contribution in [2.24, 2.45) is 0 Å². The van der Waals surface area contributed by atoms with Gasteiger partial charge in [-0.05, 0) is 40.5 Å². The van der Waals surface area contributed by atoms with E-state index in [9.17, 15) is 5.11 Å². The quantitative estimate of drug-likeness (QED) is 0.890. The van der Waals surface area contributed by atoms with E-state index in [1.807, 2.05) is 31.6 Å². The normalized spacial score (nSPS) is 17.8. The third kappa shape index (κ3) is 4.41. The van der Waals surface area contributed by atoms with Crippen LogP contribution in [0, 0.1) is 20.8 Å². The summed E-state index contributed by atoms with van der Waals surface area (Å²) in [6.45, 7) is 10.7. The number of hydrogen-bond donors (Lipinski definition) is 1. The molecule has 25 heavy (non-hydrogen) atoms. The predicted molar refractivity (Wildman–Crippen MR) is 95.2 cm³/mol. The van der Waals surface area contributed by atoms with Gasteiger partial charge in [-0.25, -0.2) is 4.68 Å². The summed E-state index contributed by atoms with van der Waals surface area (Å²) >= 11 is 0. The summed E-state index contributed by atoms with van der Waals surface area (Å²) in [4.78, 5) is 11.8. The largest absolute Gasteiger partial charge is 0.393 e. The maximum absolute atomic E-state index is 9.46. The summed E-state index contributed by atoms with van der Waals surface area (Å²) in [6, 6.07) is 0.387. The van der Waals surface area contributed by atoms with Crippen molar-refractivity contribution in [3.05, 3.63) is 34.7 Å². The zero-order valence-corrected chi connectivity index (χ0v) is 15.6. The molecule has 1 atom stereocenters. The number of aryl methyl sites for hydroxylation is 3. The highest BCUT2D eigenvalue weighted by Crippen LogP contribution is 2.23. The number of aliphatic hydroxyl groups excluding tert-OH is 1. The highest BCUT2D eigenvalue weighted by atomic mass is 16.3. The lowest BCUT2D eigenvalue weighted by molar-refractivity contribution is 0.170. The van der Waals surface area contributed by atoms with Crippen LogP contribution in [0.4, 0.5) is 0 Å². The standard InChI is InChI=1S/C18H28N6O/c1-12(25)9-16-10-24(22-21-16)17-5-7-23(8-6-17)11-18-15(4)19-13(2)14(3)20-18/h10,12,17,25H,5-9,11H2,1-4H3. The molecule has 136 valence electrons. The number of likely N-dealkylation sites (tertiary alicyclic amines) is 1. The first-order chi connectivity index (χ1) is 11.9. The number of piperidine rings is 1. The topological polar surface area (TPSA) is 80.0 Å². The van der Waals surface area contributed by atoms with Crippen LogP contribution in [-0.2, 0) is 13.0 Å². The highest BCUT2D eigenvalue weighted by Gasteiger charge is 2.23. The lowest BCUT2D eigenvalue weighted by Crippen LogP contribution is -2.35. The zero-order chi connectivity index (χ0) is 18.0. The van der Waals surface area contributed by atoms with Crippen molar-refractivity contribution in [2.75, 3.05) is 13.1 Å². The highest BCUT2D eigenvalue weighted by molar-refractivity contribution is 5.17. The Morgan fingerprint density at radius 2 is 1.80 bits per heavy atom. The molecule has 7 heteroatoms. The molecule has 3 heterocycles. The fraction of sp³-hybridized carbons (Fsp3) is 0.667. The van der Waals surface area contributed by atoms with E-state index < -0.39 is 0 Å². The molecule has 7 nitrogen and oxygen atoms in total. The first-order valence-corrected chi connectivity index (χ1v) is 9.04. The van der Waals surface area contributed by atoms with E-state index in [1.54, 1.807) is 6.92 Å². The van der Waals surface area contributed by atoms with Gasteiger partial charge in [-0.3, -0.25) is 14.9 Å². The summed E-state index contributed by atoms with van der Waals surface area (Å²) in [5.41, 5.74) is 5.01. The molecule has 0 saturated carbocycles. The van der Waals surface area contributed by atoms with Crippen molar-refractivity contribution in [2.45, 2.75) is 65.6 Å². The van der Waals surface area contributed by atoms with E-state index in [1.165, 1.54) is 0 Å². The van der Waals surface area contributed by atoms with Crippen LogP contribution in [-0.4, -0.2) is 54.2 Å². The molecule has 1 unspecified atom stereocenters. The Morgan fingerprint density at radius 3 is 2.48 bits per heavy atom. The number of hydrogen-bond acceptors (Lipinski definition) is 6. The lowest BCUT2D eigenvalue weighted by Gasteiger charge is -2.31. The monoisotopic (exact) mass is 344 g/mol. The fourth-order valence-corrected chi connectivity index (χ4v) is 3.35. The average Bonchev–Trinajstić information content (AvgIpc) is 3.01. The van der Waals surface area contributed by atoms with Gasteiger partial charge in [-0.2, -0.15) is 0 Å². The Morgan fingerprint density at radius 1 is 1.12 bits per heavy atom. The molecule has 0 spiro atoms. The van der Waals surface area contributed by atoms with Crippen molar-refractivity contribution >= 4 is 0 Å². The molecule has 1 fully saturated rings. The number of aromatic nitrogens is 5. The maximum atomic E-state index is 9.46. The number of rotatable bonds is 5. The molecule has 0 amide bonds. The molecular formula is C18H28N6O. The fourth-order valence-electron chi connectivity index (χ4n) is 3.35. The molecule has 1 N–H and O–H groups in total. The molecule has 1 saturated heterocycles. The molecular weight excluding hydrogens is 316 g/mol. The number of nitrogens with zero attached hydrogens (tertiary/aromatic N) is 6. The third-order valence-corrected chi connectivity index (χ3v) is 4.95. The van der Waals surface area contributed by atoms with Crippen molar-refractivity contribution < 1.29 is 5.11 Å². The smallest absolute Gasteiger partial charge is 0.0852 e. The summed E-state index contributed by atoms with van der Waals surface area (Å²) in [5.74, 6) is 0. The Hall–Kier alpha value is -1.86. The lowest BCUT2D eigenvalue weighted by atomic mass is 10.0. The second-order valence-electron chi connectivity index (χ2n) is 7.18. The summed E-state index contributed by atoms with van der Waals surface area (Å²) in [7, 11) is 0. The summed E-state index contributed by atoms with van der Waals surface area (Å²) in [5, 5.41) is 17.9. The molecule has 0 aliphatic carbocycles. The molecule has 2 aromatic heterocycles. The van der Waals surface area contributed by atoms with E-state index in [2.05, 4.69) is 20.2 Å². The van der Waals surface area contributed by atoms with E-state index in [4.69, 9.17) is 4.98 Å². The second-order valence-corrected chi connectivity index (χ2v) is 7.18.